The molecule has 1 heterocycles. The minimum Gasteiger partial charge on any atom is -0.309 e. The Kier molecular flexibility index (Phi) is 7.21. The molecule has 0 aliphatic heterocycles. The van der Waals surface area contributed by atoms with Crippen LogP contribution in [-0.4, -0.2) is 22.4 Å². The zero-order valence-corrected chi connectivity index (χ0v) is 16.5. The first-order chi connectivity index (χ1) is 13.1. The Hall–Kier alpha value is -2.38. The third-order valence-corrected chi connectivity index (χ3v) is 4.87. The summed E-state index contributed by atoms with van der Waals surface area (Å²) in [6, 6.07) is -0.838. The highest BCUT2D eigenvalue weighted by Gasteiger charge is 2.36. The van der Waals surface area contributed by atoms with E-state index in [2.05, 4.69) is 22.1 Å². The van der Waals surface area contributed by atoms with Gasteiger partial charge in [0.25, 0.3) is 0 Å². The fourth-order valence-corrected chi connectivity index (χ4v) is 3.41. The number of aliphatic imine (C=N–C) groups is 1. The zero-order chi connectivity index (χ0) is 20.9. The topological polar surface area (TPSA) is 59.3 Å². The number of alkyl halides is 3. The molecule has 1 fully saturated rings. The molecule has 1 N–H and O–H groups in total. The summed E-state index contributed by atoms with van der Waals surface area (Å²) < 4.78 is 40.7. The molecule has 5 nitrogen and oxygen atoms in total. The van der Waals surface area contributed by atoms with Crippen LogP contribution in [0.1, 0.15) is 63.3 Å². The van der Waals surface area contributed by atoms with Crippen molar-refractivity contribution in [2.45, 2.75) is 65.1 Å². The van der Waals surface area contributed by atoms with E-state index in [0.29, 0.717) is 6.42 Å². The van der Waals surface area contributed by atoms with Crippen molar-refractivity contribution in [3.05, 3.63) is 41.0 Å². The minimum absolute atomic E-state index is 0.140. The Balaban J connectivity index is 2.31. The smallest absolute Gasteiger partial charge is 0.309 e. The fraction of sp³-hybridized carbons (Fsp3) is 0.550. The zero-order valence-electron chi connectivity index (χ0n) is 16.5. The summed E-state index contributed by atoms with van der Waals surface area (Å²) in [7, 11) is 0. The van der Waals surface area contributed by atoms with Crippen LogP contribution in [0.25, 0.3) is 0 Å². The summed E-state index contributed by atoms with van der Waals surface area (Å²) in [6.07, 6.45) is 4.33. The van der Waals surface area contributed by atoms with Crippen LogP contribution in [-0.2, 0) is 11.0 Å². The van der Waals surface area contributed by atoms with Gasteiger partial charge in [-0.3, -0.25) is 9.48 Å². The van der Waals surface area contributed by atoms with E-state index in [1.165, 1.54) is 6.92 Å². The second-order valence-corrected chi connectivity index (χ2v) is 7.45. The van der Waals surface area contributed by atoms with Crippen molar-refractivity contribution < 1.29 is 18.0 Å². The molecule has 2 rings (SSSR count). The number of rotatable bonds is 7. The van der Waals surface area contributed by atoms with Crippen LogP contribution in [0, 0.1) is 12.8 Å². The number of amides is 1. The fourth-order valence-electron chi connectivity index (χ4n) is 3.41. The highest BCUT2D eigenvalue weighted by molar-refractivity contribution is 5.82. The lowest BCUT2D eigenvalue weighted by atomic mass is 9.98. The van der Waals surface area contributed by atoms with Gasteiger partial charge in [-0.05, 0) is 45.9 Å². The molecule has 0 spiro atoms. The summed E-state index contributed by atoms with van der Waals surface area (Å²) in [6.45, 7) is 8.54. The lowest BCUT2D eigenvalue weighted by molar-refractivity contribution is -0.138. The van der Waals surface area contributed by atoms with Crippen molar-refractivity contribution in [3.63, 3.8) is 0 Å². The lowest BCUT2D eigenvalue weighted by Crippen LogP contribution is -2.33. The van der Waals surface area contributed by atoms with Gasteiger partial charge in [-0.15, -0.1) is 0 Å². The largest absolute Gasteiger partial charge is 0.419 e. The molecule has 0 aromatic carbocycles. The van der Waals surface area contributed by atoms with Crippen molar-refractivity contribution in [2.75, 3.05) is 0 Å². The number of hydrogen-bond acceptors (Lipinski definition) is 3. The Morgan fingerprint density at radius 2 is 2.04 bits per heavy atom. The van der Waals surface area contributed by atoms with Gasteiger partial charge in [0.15, 0.2) is 0 Å². The number of aryl methyl sites for hydroxylation is 1. The van der Waals surface area contributed by atoms with Gasteiger partial charge in [0.05, 0.1) is 11.3 Å². The standard InChI is InChI=1S/C20H27F3N4O/c1-13(2)9-10-18(24-4)25-19(28)17(11-15-7-5-6-8-15)27-12-16(14(3)26-27)20(21,22)23/h9-10,12,15,17H,4-8,11H2,1-3H3,(H,25,28). The van der Waals surface area contributed by atoms with Gasteiger partial charge in [0.2, 0.25) is 5.91 Å². The molecule has 1 amide bonds. The Labute approximate surface area is 163 Å². The first-order valence-electron chi connectivity index (χ1n) is 9.37. The molecule has 0 saturated heterocycles. The predicted octanol–water partition coefficient (Wildman–Crippen LogP) is 4.96. The van der Waals surface area contributed by atoms with Crippen molar-refractivity contribution in [2.24, 2.45) is 10.9 Å². The van der Waals surface area contributed by atoms with Crippen molar-refractivity contribution >= 4 is 12.6 Å². The molecule has 1 aromatic heterocycles. The van der Waals surface area contributed by atoms with Crippen LogP contribution in [0.15, 0.2) is 34.7 Å². The quantitative estimate of drug-likeness (QED) is 0.523. The molecule has 1 aromatic rings. The third-order valence-electron chi connectivity index (χ3n) is 4.87. The van der Waals surface area contributed by atoms with Crippen LogP contribution in [0.5, 0.6) is 0 Å². The van der Waals surface area contributed by atoms with Crippen LogP contribution in [0.2, 0.25) is 0 Å². The van der Waals surface area contributed by atoms with E-state index in [-0.39, 0.29) is 17.4 Å². The van der Waals surface area contributed by atoms with Gasteiger partial charge in [-0.2, -0.15) is 18.3 Å². The van der Waals surface area contributed by atoms with Gasteiger partial charge < -0.3 is 5.32 Å². The SMILES string of the molecule is C=NC(=CC=C(C)C)NC(=O)C(CC1CCCC1)n1cc(C(F)(F)F)c(C)n1. The summed E-state index contributed by atoms with van der Waals surface area (Å²) >= 11 is 0. The first-order valence-corrected chi connectivity index (χ1v) is 9.37. The summed E-state index contributed by atoms with van der Waals surface area (Å²) in [4.78, 5) is 16.7. The molecule has 1 unspecified atom stereocenters. The Morgan fingerprint density at radius 3 is 2.54 bits per heavy atom. The lowest BCUT2D eigenvalue weighted by Gasteiger charge is -2.20. The van der Waals surface area contributed by atoms with E-state index in [4.69, 9.17) is 0 Å². The van der Waals surface area contributed by atoms with Gasteiger partial charge in [0, 0.05) is 6.20 Å². The van der Waals surface area contributed by atoms with E-state index in [1.807, 2.05) is 13.8 Å². The maximum atomic E-state index is 13.2. The molecule has 28 heavy (non-hydrogen) atoms. The van der Waals surface area contributed by atoms with Crippen molar-refractivity contribution in [3.8, 4) is 0 Å². The van der Waals surface area contributed by atoms with E-state index < -0.39 is 23.7 Å². The van der Waals surface area contributed by atoms with E-state index in [0.717, 1.165) is 42.1 Å². The average Bonchev–Trinajstić information content (AvgIpc) is 3.24. The van der Waals surface area contributed by atoms with Gasteiger partial charge in [0.1, 0.15) is 11.9 Å². The summed E-state index contributed by atoms with van der Waals surface area (Å²) in [5.74, 6) is 0.1000. The van der Waals surface area contributed by atoms with Crippen molar-refractivity contribution in [1.29, 1.82) is 0 Å². The van der Waals surface area contributed by atoms with E-state index in [9.17, 15) is 18.0 Å². The third kappa shape index (κ3) is 5.81. The van der Waals surface area contributed by atoms with Crippen molar-refractivity contribution in [1.82, 2.24) is 15.1 Å². The molecule has 1 atom stereocenters. The molecular weight excluding hydrogens is 369 g/mol. The highest BCUT2D eigenvalue weighted by atomic mass is 19.4. The van der Waals surface area contributed by atoms with Crippen LogP contribution in [0.3, 0.4) is 0 Å². The van der Waals surface area contributed by atoms with Crippen LogP contribution < -0.4 is 5.32 Å². The maximum absolute atomic E-state index is 13.2. The second-order valence-electron chi connectivity index (χ2n) is 7.45. The highest BCUT2D eigenvalue weighted by Crippen LogP contribution is 2.35. The van der Waals surface area contributed by atoms with Crippen LogP contribution >= 0.6 is 0 Å². The number of allylic oxidation sites excluding steroid dienone is 3. The maximum Gasteiger partial charge on any atom is 0.419 e. The number of halogens is 3. The monoisotopic (exact) mass is 396 g/mol. The molecule has 1 saturated carbocycles. The first kappa shape index (κ1) is 21.9. The second kappa shape index (κ2) is 9.21. The molecule has 0 radical (unpaired) electrons. The number of nitrogens with one attached hydrogen (secondary N) is 1. The number of carbonyl (C=O) groups is 1. The average molecular weight is 396 g/mol. The number of nitrogens with zero attached hydrogens (tertiary/aromatic N) is 3. The molecular formula is C20H27F3N4O. The van der Waals surface area contributed by atoms with E-state index >= 15 is 0 Å². The summed E-state index contributed by atoms with van der Waals surface area (Å²) in [5, 5.41) is 6.67. The Bertz CT molecular complexity index is 767. The van der Waals surface area contributed by atoms with Gasteiger partial charge in [-0.25, -0.2) is 4.99 Å². The summed E-state index contributed by atoms with van der Waals surface area (Å²) in [5.41, 5.74) is 0.0492. The molecule has 1 aliphatic rings. The van der Waals surface area contributed by atoms with Crippen LogP contribution in [0.4, 0.5) is 13.2 Å². The molecule has 0 bridgehead atoms. The Morgan fingerprint density at radius 1 is 1.39 bits per heavy atom. The predicted molar refractivity (Wildman–Crippen MR) is 103 cm³/mol. The van der Waals surface area contributed by atoms with Gasteiger partial charge in [-0.1, -0.05) is 37.3 Å². The molecule has 1 aliphatic carbocycles. The van der Waals surface area contributed by atoms with Gasteiger partial charge >= 0.3 is 6.18 Å². The minimum atomic E-state index is -4.51. The number of hydrogen-bond donors (Lipinski definition) is 1. The number of carbonyl (C=O) groups excluding carboxylic acids is 1. The normalized spacial score (nSPS) is 16.7. The number of aromatic nitrogens is 2. The molecule has 154 valence electrons. The molecule has 8 heteroatoms. The van der Waals surface area contributed by atoms with E-state index in [1.54, 1.807) is 12.2 Å².